The number of rotatable bonds is 3. The smallest absolute Gasteiger partial charge is 0.335 e. The molecule has 1 aromatic carbocycles. The monoisotopic (exact) mass is 354 g/mol. The summed E-state index contributed by atoms with van der Waals surface area (Å²) in [5, 5.41) is 8.78. The van der Waals surface area contributed by atoms with E-state index in [0.717, 1.165) is 20.9 Å². The topological polar surface area (TPSA) is 37.3 Å². The molecule has 13 heavy (non-hydrogen) atoms. The Morgan fingerprint density at radius 1 is 1.46 bits per heavy atom. The van der Waals surface area contributed by atoms with E-state index in [1.807, 2.05) is 6.07 Å². The van der Waals surface area contributed by atoms with Crippen molar-refractivity contribution in [2.45, 2.75) is 6.42 Å². The van der Waals surface area contributed by atoms with Gasteiger partial charge in [-0.3, -0.25) is 0 Å². The van der Waals surface area contributed by atoms with Gasteiger partial charge in [0.15, 0.2) is 0 Å². The normalized spacial score (nSPS) is 10.0. The van der Waals surface area contributed by atoms with E-state index in [1.54, 1.807) is 12.1 Å². The number of alkyl halides is 1. The second-order valence-corrected chi connectivity index (χ2v) is 4.59. The van der Waals surface area contributed by atoms with Gasteiger partial charge >= 0.3 is 5.97 Å². The van der Waals surface area contributed by atoms with Crippen LogP contribution in [0.1, 0.15) is 15.9 Å². The van der Waals surface area contributed by atoms with Crippen LogP contribution in [-0.2, 0) is 6.42 Å². The summed E-state index contributed by atoms with van der Waals surface area (Å²) in [5.41, 5.74) is 1.40. The molecule has 0 amide bonds. The average Bonchev–Trinajstić information content (AvgIpc) is 2.03. The van der Waals surface area contributed by atoms with Crippen LogP contribution in [0.25, 0.3) is 0 Å². The molecular weight excluding hydrogens is 347 g/mol. The van der Waals surface area contributed by atoms with Crippen LogP contribution in [-0.4, -0.2) is 15.5 Å². The van der Waals surface area contributed by atoms with Crippen molar-refractivity contribution in [3.8, 4) is 0 Å². The van der Waals surface area contributed by atoms with Gasteiger partial charge < -0.3 is 5.11 Å². The zero-order chi connectivity index (χ0) is 9.84. The molecule has 0 aliphatic rings. The van der Waals surface area contributed by atoms with E-state index in [-0.39, 0.29) is 0 Å². The lowest BCUT2D eigenvalue weighted by Crippen LogP contribution is -1.98. The first-order valence-electron chi connectivity index (χ1n) is 3.72. The highest BCUT2D eigenvalue weighted by Crippen LogP contribution is 2.16. The van der Waals surface area contributed by atoms with Crippen molar-refractivity contribution in [1.82, 2.24) is 0 Å². The zero-order valence-electron chi connectivity index (χ0n) is 6.76. The summed E-state index contributed by atoms with van der Waals surface area (Å²) in [6.07, 6.45) is 0.903. The predicted octanol–water partition coefficient (Wildman–Crippen LogP) is 3.12. The van der Waals surface area contributed by atoms with Crippen LogP contribution in [0.4, 0.5) is 0 Å². The molecule has 0 spiro atoms. The summed E-state index contributed by atoms with van der Waals surface area (Å²) in [5.74, 6) is -0.879. The van der Waals surface area contributed by atoms with E-state index >= 15 is 0 Å². The van der Waals surface area contributed by atoms with Gasteiger partial charge in [-0.15, -0.1) is 0 Å². The number of carboxylic acid groups (broad SMARTS) is 1. The van der Waals surface area contributed by atoms with Crippen molar-refractivity contribution in [1.29, 1.82) is 0 Å². The Morgan fingerprint density at radius 2 is 2.15 bits per heavy atom. The summed E-state index contributed by atoms with van der Waals surface area (Å²) in [6, 6.07) is 5.27. The third-order valence-electron chi connectivity index (χ3n) is 1.59. The first-order valence-corrected chi connectivity index (χ1v) is 6.04. The average molecular weight is 355 g/mol. The molecule has 0 bridgehead atoms. The maximum absolute atomic E-state index is 10.7. The van der Waals surface area contributed by atoms with Crippen molar-refractivity contribution >= 4 is 44.5 Å². The summed E-state index contributed by atoms with van der Waals surface area (Å²) in [7, 11) is 0. The summed E-state index contributed by atoms with van der Waals surface area (Å²) < 4.78 is 1.82. The Labute approximate surface area is 98.6 Å². The van der Waals surface area contributed by atoms with Crippen LogP contribution in [0.5, 0.6) is 0 Å². The standard InChI is InChI=1S/C9H8BrIO2/c10-8-4-6(1-2-11)3-7(5-8)9(12)13/h3-5H,1-2H2,(H,12,13). The number of benzene rings is 1. The molecule has 1 N–H and O–H groups in total. The Morgan fingerprint density at radius 3 is 2.69 bits per heavy atom. The maximum atomic E-state index is 10.7. The molecule has 0 fully saturated rings. The number of halogens is 2. The Balaban J connectivity index is 3.03. The van der Waals surface area contributed by atoms with E-state index in [9.17, 15) is 4.79 Å². The van der Waals surface area contributed by atoms with Crippen molar-refractivity contribution in [3.63, 3.8) is 0 Å². The van der Waals surface area contributed by atoms with Gasteiger partial charge in [0.2, 0.25) is 0 Å². The number of aromatic carboxylic acids is 1. The second kappa shape index (κ2) is 4.95. The number of carbonyl (C=O) groups is 1. The highest BCUT2D eigenvalue weighted by molar-refractivity contribution is 14.1. The lowest BCUT2D eigenvalue weighted by atomic mass is 10.1. The van der Waals surface area contributed by atoms with Crippen LogP contribution in [0.15, 0.2) is 22.7 Å². The molecular formula is C9H8BrIO2. The molecule has 0 aromatic heterocycles. The fraction of sp³-hybridized carbons (Fsp3) is 0.222. The van der Waals surface area contributed by atoms with Crippen LogP contribution in [0.2, 0.25) is 0 Å². The minimum absolute atomic E-state index is 0.342. The molecule has 0 aliphatic heterocycles. The third-order valence-corrected chi connectivity index (χ3v) is 2.58. The van der Waals surface area contributed by atoms with Gasteiger partial charge in [-0.1, -0.05) is 38.5 Å². The summed E-state index contributed by atoms with van der Waals surface area (Å²) in [6.45, 7) is 0. The molecule has 2 nitrogen and oxygen atoms in total. The molecule has 0 atom stereocenters. The molecule has 1 aromatic rings. The zero-order valence-corrected chi connectivity index (χ0v) is 10.5. The molecule has 0 heterocycles. The number of carboxylic acids is 1. The Hall–Kier alpha value is -0.100. The molecule has 0 aliphatic carbocycles. The van der Waals surface area contributed by atoms with Gasteiger partial charge in [0, 0.05) is 8.90 Å². The van der Waals surface area contributed by atoms with Gasteiger partial charge in [0.1, 0.15) is 0 Å². The second-order valence-electron chi connectivity index (χ2n) is 2.59. The van der Waals surface area contributed by atoms with Gasteiger partial charge in [0.05, 0.1) is 5.56 Å². The van der Waals surface area contributed by atoms with Crippen molar-refractivity contribution in [2.24, 2.45) is 0 Å². The molecule has 0 unspecified atom stereocenters. The third kappa shape index (κ3) is 3.27. The molecule has 4 heteroatoms. The van der Waals surface area contributed by atoms with E-state index in [1.165, 1.54) is 0 Å². The van der Waals surface area contributed by atoms with Crippen molar-refractivity contribution < 1.29 is 9.90 Å². The van der Waals surface area contributed by atoms with E-state index in [0.29, 0.717) is 5.56 Å². The first-order chi connectivity index (χ1) is 6.13. The molecule has 0 radical (unpaired) electrons. The molecule has 0 saturated heterocycles. The van der Waals surface area contributed by atoms with Crippen LogP contribution in [0, 0.1) is 0 Å². The Bertz CT molecular complexity index is 325. The lowest BCUT2D eigenvalue weighted by molar-refractivity contribution is 0.0696. The summed E-state index contributed by atoms with van der Waals surface area (Å²) >= 11 is 5.55. The fourth-order valence-corrected chi connectivity index (χ4v) is 2.19. The number of aryl methyl sites for hydroxylation is 1. The maximum Gasteiger partial charge on any atom is 0.335 e. The van der Waals surface area contributed by atoms with Crippen LogP contribution in [0.3, 0.4) is 0 Å². The van der Waals surface area contributed by atoms with E-state index in [2.05, 4.69) is 38.5 Å². The minimum atomic E-state index is -0.879. The van der Waals surface area contributed by atoms with Gasteiger partial charge in [-0.25, -0.2) is 4.79 Å². The SMILES string of the molecule is O=C(O)c1cc(Br)cc(CCI)c1. The van der Waals surface area contributed by atoms with E-state index < -0.39 is 5.97 Å². The first kappa shape index (κ1) is 11.0. The van der Waals surface area contributed by atoms with E-state index in [4.69, 9.17) is 5.11 Å². The van der Waals surface area contributed by atoms with Gasteiger partial charge in [-0.2, -0.15) is 0 Å². The van der Waals surface area contributed by atoms with Gasteiger partial charge in [0.25, 0.3) is 0 Å². The highest BCUT2D eigenvalue weighted by Gasteiger charge is 2.05. The molecule has 1 rings (SSSR count). The molecule has 0 saturated carbocycles. The van der Waals surface area contributed by atoms with Gasteiger partial charge in [-0.05, 0) is 30.2 Å². The largest absolute Gasteiger partial charge is 0.478 e. The predicted molar refractivity (Wildman–Crippen MR) is 63.7 cm³/mol. The minimum Gasteiger partial charge on any atom is -0.478 e. The van der Waals surface area contributed by atoms with Crippen molar-refractivity contribution in [2.75, 3.05) is 4.43 Å². The lowest BCUT2D eigenvalue weighted by Gasteiger charge is -2.01. The Kier molecular flexibility index (Phi) is 4.18. The quantitative estimate of drug-likeness (QED) is 0.669. The molecule has 70 valence electrons. The fourth-order valence-electron chi connectivity index (χ4n) is 1.03. The highest BCUT2D eigenvalue weighted by atomic mass is 127. The van der Waals surface area contributed by atoms with Crippen LogP contribution < -0.4 is 0 Å². The van der Waals surface area contributed by atoms with Crippen LogP contribution >= 0.6 is 38.5 Å². The van der Waals surface area contributed by atoms with Crippen molar-refractivity contribution in [3.05, 3.63) is 33.8 Å². The summed E-state index contributed by atoms with van der Waals surface area (Å²) in [4.78, 5) is 10.7. The number of hydrogen-bond donors (Lipinski definition) is 1. The number of hydrogen-bond acceptors (Lipinski definition) is 1.